The molecule has 0 aliphatic carbocycles. The molecule has 36 heavy (non-hydrogen) atoms. The fourth-order valence-electron chi connectivity index (χ4n) is 4.51. The summed E-state index contributed by atoms with van der Waals surface area (Å²) in [4.78, 5) is 43.3. The van der Waals surface area contributed by atoms with E-state index in [1.807, 2.05) is 12.1 Å². The maximum absolute atomic E-state index is 13.8. The van der Waals surface area contributed by atoms with Gasteiger partial charge in [0.25, 0.3) is 17.5 Å². The van der Waals surface area contributed by atoms with Crippen molar-refractivity contribution in [1.29, 1.82) is 0 Å². The van der Waals surface area contributed by atoms with Crippen LogP contribution in [0.5, 0.6) is 0 Å². The first-order valence-corrected chi connectivity index (χ1v) is 11.9. The van der Waals surface area contributed by atoms with E-state index in [0.717, 1.165) is 31.6 Å². The number of hydrogen-bond donors (Lipinski definition) is 0. The highest BCUT2D eigenvalue weighted by Gasteiger charge is 2.41. The SMILES string of the molecule is O=C1C(=Cc2cc([N+](=O)[O-])ccc2N2CCCC2)C(=O)N(c2ccccc2)C(=S)N1c1ccccc1. The van der Waals surface area contributed by atoms with Gasteiger partial charge in [0, 0.05) is 36.5 Å². The molecule has 0 unspecified atom stereocenters. The van der Waals surface area contributed by atoms with E-state index in [2.05, 4.69) is 4.90 Å². The van der Waals surface area contributed by atoms with E-state index in [-0.39, 0.29) is 16.4 Å². The Morgan fingerprint density at radius 1 is 0.806 bits per heavy atom. The van der Waals surface area contributed by atoms with Crippen molar-refractivity contribution in [3.8, 4) is 0 Å². The zero-order chi connectivity index (χ0) is 25.2. The van der Waals surface area contributed by atoms with Crippen LogP contribution in [0.2, 0.25) is 0 Å². The number of carbonyl (C=O) groups excluding carboxylic acids is 2. The minimum absolute atomic E-state index is 0.0401. The summed E-state index contributed by atoms with van der Waals surface area (Å²) in [5.41, 5.74) is 1.98. The van der Waals surface area contributed by atoms with Crippen molar-refractivity contribution in [3.05, 3.63) is 100 Å². The lowest BCUT2D eigenvalue weighted by atomic mass is 10.0. The van der Waals surface area contributed by atoms with Gasteiger partial charge in [0.2, 0.25) is 0 Å². The molecule has 9 heteroatoms. The van der Waals surface area contributed by atoms with Gasteiger partial charge in [-0.1, -0.05) is 36.4 Å². The molecule has 3 aromatic rings. The van der Waals surface area contributed by atoms with Crippen LogP contribution in [0.4, 0.5) is 22.7 Å². The van der Waals surface area contributed by atoms with Crippen LogP contribution in [0.15, 0.2) is 84.4 Å². The molecule has 3 aromatic carbocycles. The Bertz CT molecular complexity index is 1320. The third-order valence-electron chi connectivity index (χ3n) is 6.25. The van der Waals surface area contributed by atoms with E-state index < -0.39 is 16.7 Å². The highest BCUT2D eigenvalue weighted by Crippen LogP contribution is 2.34. The molecule has 2 heterocycles. The molecule has 2 saturated heterocycles. The van der Waals surface area contributed by atoms with Gasteiger partial charge in [-0.25, -0.2) is 0 Å². The molecule has 2 aliphatic rings. The number of thiocarbonyl (C=S) groups is 1. The summed E-state index contributed by atoms with van der Waals surface area (Å²) in [5.74, 6) is -1.16. The van der Waals surface area contributed by atoms with Crippen molar-refractivity contribution in [2.45, 2.75) is 12.8 Å². The normalized spacial score (nSPS) is 16.1. The average Bonchev–Trinajstić information content (AvgIpc) is 3.43. The molecule has 2 aliphatic heterocycles. The van der Waals surface area contributed by atoms with Crippen molar-refractivity contribution in [3.63, 3.8) is 0 Å². The number of non-ortho nitro benzene ring substituents is 1. The Morgan fingerprint density at radius 2 is 1.33 bits per heavy atom. The van der Waals surface area contributed by atoms with Gasteiger partial charge in [-0.2, -0.15) is 0 Å². The Morgan fingerprint density at radius 3 is 1.83 bits per heavy atom. The molecule has 2 amide bonds. The number of benzene rings is 3. The van der Waals surface area contributed by atoms with E-state index in [0.29, 0.717) is 16.9 Å². The largest absolute Gasteiger partial charge is 0.371 e. The Kier molecular flexibility index (Phi) is 6.30. The second-order valence-electron chi connectivity index (χ2n) is 8.49. The lowest BCUT2D eigenvalue weighted by Crippen LogP contribution is -2.56. The highest BCUT2D eigenvalue weighted by atomic mass is 32.1. The smallest absolute Gasteiger partial charge is 0.270 e. The number of rotatable bonds is 5. The quantitative estimate of drug-likeness (QED) is 0.163. The molecule has 0 radical (unpaired) electrons. The zero-order valence-corrected chi connectivity index (χ0v) is 20.1. The summed E-state index contributed by atoms with van der Waals surface area (Å²) in [5, 5.41) is 11.6. The van der Waals surface area contributed by atoms with Crippen molar-refractivity contribution in [2.75, 3.05) is 27.8 Å². The summed E-state index contributed by atoms with van der Waals surface area (Å²) in [6.45, 7) is 1.60. The summed E-state index contributed by atoms with van der Waals surface area (Å²) in [7, 11) is 0. The Hall–Kier alpha value is -4.37. The number of nitrogens with zero attached hydrogens (tertiary/aromatic N) is 4. The lowest BCUT2D eigenvalue weighted by molar-refractivity contribution is -0.384. The van der Waals surface area contributed by atoms with Crippen LogP contribution in [-0.4, -0.2) is 34.9 Å². The summed E-state index contributed by atoms with van der Waals surface area (Å²) < 4.78 is 0. The third kappa shape index (κ3) is 4.25. The van der Waals surface area contributed by atoms with Crippen LogP contribution in [0, 0.1) is 10.1 Å². The minimum atomic E-state index is -0.581. The number of para-hydroxylation sites is 2. The van der Waals surface area contributed by atoms with Crippen molar-refractivity contribution < 1.29 is 14.5 Å². The topological polar surface area (TPSA) is 87.0 Å². The fraction of sp³-hybridized carbons (Fsp3) is 0.148. The zero-order valence-electron chi connectivity index (χ0n) is 19.2. The van der Waals surface area contributed by atoms with Crippen LogP contribution < -0.4 is 14.7 Å². The van der Waals surface area contributed by atoms with Crippen LogP contribution in [0.25, 0.3) is 6.08 Å². The number of nitro benzene ring substituents is 1. The lowest BCUT2D eigenvalue weighted by Gasteiger charge is -2.36. The second-order valence-corrected chi connectivity index (χ2v) is 8.85. The standard InChI is InChI=1S/C27H22N4O4S/c32-25-23(18-19-17-22(31(34)35)13-14-24(19)28-15-7-8-16-28)26(33)30(21-11-5-2-6-12-21)27(36)29(25)20-9-3-1-4-10-20/h1-6,9-14,17-18H,7-8,15-16H2. The van der Waals surface area contributed by atoms with E-state index >= 15 is 0 Å². The fourth-order valence-corrected chi connectivity index (χ4v) is 4.89. The van der Waals surface area contributed by atoms with Gasteiger partial charge >= 0.3 is 0 Å². The molecule has 5 rings (SSSR count). The first kappa shape index (κ1) is 23.4. The maximum atomic E-state index is 13.8. The van der Waals surface area contributed by atoms with E-state index in [1.165, 1.54) is 28.0 Å². The molecule has 8 nitrogen and oxygen atoms in total. The first-order valence-electron chi connectivity index (χ1n) is 11.5. The van der Waals surface area contributed by atoms with E-state index in [1.54, 1.807) is 54.6 Å². The van der Waals surface area contributed by atoms with Crippen molar-refractivity contribution >= 4 is 58.0 Å². The third-order valence-corrected chi connectivity index (χ3v) is 6.61. The number of anilines is 3. The van der Waals surface area contributed by atoms with Gasteiger partial charge < -0.3 is 4.90 Å². The van der Waals surface area contributed by atoms with Gasteiger partial charge in [-0.15, -0.1) is 0 Å². The van der Waals surface area contributed by atoms with Crippen molar-refractivity contribution in [1.82, 2.24) is 0 Å². The minimum Gasteiger partial charge on any atom is -0.371 e. The molecule has 0 bridgehead atoms. The van der Waals surface area contributed by atoms with Crippen LogP contribution >= 0.6 is 12.2 Å². The average molecular weight is 499 g/mol. The van der Waals surface area contributed by atoms with E-state index in [4.69, 9.17) is 12.2 Å². The van der Waals surface area contributed by atoms with Crippen molar-refractivity contribution in [2.24, 2.45) is 0 Å². The number of amides is 2. The van der Waals surface area contributed by atoms with Crippen LogP contribution in [0.3, 0.4) is 0 Å². The highest BCUT2D eigenvalue weighted by molar-refractivity contribution is 7.81. The predicted octanol–water partition coefficient (Wildman–Crippen LogP) is 4.94. The predicted molar refractivity (Wildman–Crippen MR) is 143 cm³/mol. The molecule has 2 fully saturated rings. The molecular weight excluding hydrogens is 476 g/mol. The molecule has 0 aromatic heterocycles. The van der Waals surface area contributed by atoms with Gasteiger partial charge in [0.15, 0.2) is 5.11 Å². The molecule has 0 atom stereocenters. The number of hydrogen-bond acceptors (Lipinski definition) is 6. The molecule has 0 saturated carbocycles. The Balaban J connectivity index is 1.68. The Labute approximate surface area is 213 Å². The van der Waals surface area contributed by atoms with Gasteiger partial charge in [0.1, 0.15) is 5.57 Å². The molecular formula is C27H22N4O4S. The number of nitro groups is 1. The van der Waals surface area contributed by atoms with Crippen LogP contribution in [0.1, 0.15) is 18.4 Å². The summed E-state index contributed by atoms with van der Waals surface area (Å²) >= 11 is 5.64. The van der Waals surface area contributed by atoms with Crippen LogP contribution in [-0.2, 0) is 9.59 Å². The van der Waals surface area contributed by atoms with Gasteiger partial charge in [0.05, 0.1) is 16.3 Å². The maximum Gasteiger partial charge on any atom is 0.270 e. The molecule has 0 spiro atoms. The molecule has 0 N–H and O–H groups in total. The van der Waals surface area contributed by atoms with Gasteiger partial charge in [-0.05, 0) is 61.5 Å². The number of carbonyl (C=O) groups is 2. The van der Waals surface area contributed by atoms with E-state index in [9.17, 15) is 19.7 Å². The summed E-state index contributed by atoms with van der Waals surface area (Å²) in [6.07, 6.45) is 3.46. The summed E-state index contributed by atoms with van der Waals surface area (Å²) in [6, 6.07) is 22.3. The van der Waals surface area contributed by atoms with Gasteiger partial charge in [-0.3, -0.25) is 29.5 Å². The second kappa shape index (κ2) is 9.71. The monoisotopic (exact) mass is 498 g/mol. The first-order chi connectivity index (χ1) is 17.5. The molecule has 180 valence electrons.